The Morgan fingerprint density at radius 1 is 1.11 bits per heavy atom. The summed E-state index contributed by atoms with van der Waals surface area (Å²) >= 11 is 0. The normalized spacial score (nSPS) is 10.1. The van der Waals surface area contributed by atoms with Crippen molar-refractivity contribution in [1.82, 2.24) is 9.97 Å². The third-order valence-electron chi connectivity index (χ3n) is 2.38. The van der Waals surface area contributed by atoms with Gasteiger partial charge in [0.1, 0.15) is 5.75 Å². The summed E-state index contributed by atoms with van der Waals surface area (Å²) in [5.74, 6) is 1.53. The number of rotatable bonds is 5. The van der Waals surface area contributed by atoms with Gasteiger partial charge in [0.05, 0.1) is 19.5 Å². The molecule has 0 aliphatic carbocycles. The van der Waals surface area contributed by atoms with Gasteiger partial charge in [-0.15, -0.1) is 0 Å². The van der Waals surface area contributed by atoms with Gasteiger partial charge in [-0.3, -0.25) is 4.98 Å². The minimum absolute atomic E-state index is 0.404. The van der Waals surface area contributed by atoms with Crippen LogP contribution in [-0.4, -0.2) is 23.6 Å². The van der Waals surface area contributed by atoms with Gasteiger partial charge >= 0.3 is 0 Å². The predicted octanol–water partition coefficient (Wildman–Crippen LogP) is 1.78. The molecule has 5 heteroatoms. The molecule has 1 heterocycles. The van der Waals surface area contributed by atoms with E-state index in [9.17, 15) is 0 Å². The number of hydrogen-bond donors (Lipinski definition) is 1. The molecule has 0 radical (unpaired) electrons. The number of ether oxygens (including phenoxy) is 2. The van der Waals surface area contributed by atoms with E-state index in [4.69, 9.17) is 15.2 Å². The Hall–Kier alpha value is -2.14. The third-order valence-corrected chi connectivity index (χ3v) is 2.38. The van der Waals surface area contributed by atoms with E-state index in [0.29, 0.717) is 24.1 Å². The average Bonchev–Trinajstić information content (AvgIpc) is 2.42. The molecule has 0 bridgehead atoms. The van der Waals surface area contributed by atoms with Crippen molar-refractivity contribution < 1.29 is 9.47 Å². The Labute approximate surface area is 106 Å². The van der Waals surface area contributed by atoms with Crippen LogP contribution in [0.3, 0.4) is 0 Å². The van der Waals surface area contributed by atoms with Gasteiger partial charge in [0.25, 0.3) is 0 Å². The quantitative estimate of drug-likeness (QED) is 0.869. The van der Waals surface area contributed by atoms with Crippen molar-refractivity contribution in [3.8, 4) is 17.5 Å². The molecule has 5 nitrogen and oxygen atoms in total. The van der Waals surface area contributed by atoms with Crippen LogP contribution in [0.25, 0.3) is 0 Å². The first-order valence-corrected chi connectivity index (χ1v) is 5.64. The fourth-order valence-electron chi connectivity index (χ4n) is 1.49. The van der Waals surface area contributed by atoms with Crippen molar-refractivity contribution in [2.45, 2.75) is 6.42 Å². The first kappa shape index (κ1) is 12.3. The number of methoxy groups -OCH3 is 1. The summed E-state index contributed by atoms with van der Waals surface area (Å²) in [6.07, 6.45) is 3.92. The maximum Gasteiger partial charge on any atom is 0.241 e. The Morgan fingerprint density at radius 3 is 2.50 bits per heavy atom. The smallest absolute Gasteiger partial charge is 0.241 e. The topological polar surface area (TPSA) is 70.3 Å². The summed E-state index contributed by atoms with van der Waals surface area (Å²) in [7, 11) is 1.54. The van der Waals surface area contributed by atoms with Crippen molar-refractivity contribution in [3.05, 3.63) is 42.2 Å². The third kappa shape index (κ3) is 3.18. The van der Waals surface area contributed by atoms with Gasteiger partial charge in [0.2, 0.25) is 11.8 Å². The molecular weight excluding hydrogens is 230 g/mol. The van der Waals surface area contributed by atoms with Gasteiger partial charge in [0.15, 0.2) is 0 Å². The molecule has 1 aromatic heterocycles. The summed E-state index contributed by atoms with van der Waals surface area (Å²) < 4.78 is 10.5. The molecule has 0 atom stereocenters. The summed E-state index contributed by atoms with van der Waals surface area (Å²) in [5, 5.41) is 0. The second-order valence-electron chi connectivity index (χ2n) is 3.68. The summed E-state index contributed by atoms with van der Waals surface area (Å²) in [6, 6.07) is 7.73. The molecule has 1 aromatic carbocycles. The highest BCUT2D eigenvalue weighted by atomic mass is 16.5. The summed E-state index contributed by atoms with van der Waals surface area (Å²) in [6.45, 7) is 0.640. The highest BCUT2D eigenvalue weighted by Gasteiger charge is 2.01. The van der Waals surface area contributed by atoms with Crippen molar-refractivity contribution in [3.63, 3.8) is 0 Å². The Bertz CT molecular complexity index is 500. The SMILES string of the molecule is COc1cncc(Oc2ccc(CCN)cc2)n1. The van der Waals surface area contributed by atoms with Crippen LogP contribution in [0, 0.1) is 0 Å². The molecule has 0 spiro atoms. The van der Waals surface area contributed by atoms with Crippen molar-refractivity contribution in [2.24, 2.45) is 5.73 Å². The fourth-order valence-corrected chi connectivity index (χ4v) is 1.49. The molecule has 94 valence electrons. The van der Waals surface area contributed by atoms with Gasteiger partial charge in [-0.1, -0.05) is 12.1 Å². The highest BCUT2D eigenvalue weighted by molar-refractivity contribution is 5.30. The van der Waals surface area contributed by atoms with Gasteiger partial charge < -0.3 is 15.2 Å². The monoisotopic (exact) mass is 245 g/mol. The molecule has 2 rings (SSSR count). The maximum absolute atomic E-state index is 5.57. The molecule has 0 amide bonds. The van der Waals surface area contributed by atoms with E-state index in [-0.39, 0.29) is 0 Å². The summed E-state index contributed by atoms with van der Waals surface area (Å²) in [4.78, 5) is 8.09. The first-order chi connectivity index (χ1) is 8.81. The van der Waals surface area contributed by atoms with Crippen LogP contribution in [0.15, 0.2) is 36.7 Å². The molecule has 2 N–H and O–H groups in total. The zero-order valence-electron chi connectivity index (χ0n) is 10.2. The van der Waals surface area contributed by atoms with E-state index >= 15 is 0 Å². The predicted molar refractivity (Wildman–Crippen MR) is 67.9 cm³/mol. The highest BCUT2D eigenvalue weighted by Crippen LogP contribution is 2.20. The van der Waals surface area contributed by atoms with Gasteiger partial charge in [-0.2, -0.15) is 4.98 Å². The number of nitrogens with zero attached hydrogens (tertiary/aromatic N) is 2. The van der Waals surface area contributed by atoms with Crippen molar-refractivity contribution >= 4 is 0 Å². The standard InChI is InChI=1S/C13H15N3O2/c1-17-12-8-15-9-13(16-12)18-11-4-2-10(3-5-11)6-7-14/h2-5,8-9H,6-7,14H2,1H3. The Balaban J connectivity index is 2.08. The lowest BCUT2D eigenvalue weighted by molar-refractivity contribution is 0.380. The van der Waals surface area contributed by atoms with Crippen LogP contribution in [-0.2, 0) is 6.42 Å². The number of nitrogens with two attached hydrogens (primary N) is 1. The number of hydrogen-bond acceptors (Lipinski definition) is 5. The van der Waals surface area contributed by atoms with Crippen LogP contribution in [0.5, 0.6) is 17.5 Å². The van der Waals surface area contributed by atoms with E-state index in [0.717, 1.165) is 6.42 Å². The van der Waals surface area contributed by atoms with Crippen LogP contribution < -0.4 is 15.2 Å². The molecule has 0 unspecified atom stereocenters. The second-order valence-corrected chi connectivity index (χ2v) is 3.68. The van der Waals surface area contributed by atoms with Crippen LogP contribution in [0.4, 0.5) is 0 Å². The van der Waals surface area contributed by atoms with E-state index in [1.54, 1.807) is 0 Å². The van der Waals surface area contributed by atoms with Crippen LogP contribution in [0.1, 0.15) is 5.56 Å². The van der Waals surface area contributed by atoms with Crippen LogP contribution >= 0.6 is 0 Å². The molecule has 0 aliphatic heterocycles. The number of aromatic nitrogens is 2. The minimum atomic E-state index is 0.404. The van der Waals surface area contributed by atoms with Gasteiger partial charge in [-0.25, -0.2) is 0 Å². The Morgan fingerprint density at radius 2 is 1.83 bits per heavy atom. The summed E-state index contributed by atoms with van der Waals surface area (Å²) in [5.41, 5.74) is 6.67. The van der Waals surface area contributed by atoms with E-state index in [1.165, 1.54) is 25.1 Å². The lowest BCUT2D eigenvalue weighted by Gasteiger charge is -2.06. The molecule has 2 aromatic rings. The first-order valence-electron chi connectivity index (χ1n) is 5.64. The van der Waals surface area contributed by atoms with Crippen molar-refractivity contribution in [2.75, 3.05) is 13.7 Å². The van der Waals surface area contributed by atoms with Gasteiger partial charge in [0, 0.05) is 0 Å². The van der Waals surface area contributed by atoms with Crippen LogP contribution in [0.2, 0.25) is 0 Å². The molecule has 0 saturated heterocycles. The molecule has 0 fully saturated rings. The van der Waals surface area contributed by atoms with E-state index in [2.05, 4.69) is 9.97 Å². The average molecular weight is 245 g/mol. The van der Waals surface area contributed by atoms with E-state index < -0.39 is 0 Å². The van der Waals surface area contributed by atoms with Crippen molar-refractivity contribution in [1.29, 1.82) is 0 Å². The lowest BCUT2D eigenvalue weighted by atomic mass is 10.1. The lowest BCUT2D eigenvalue weighted by Crippen LogP contribution is -2.02. The number of benzene rings is 1. The molecule has 0 aliphatic rings. The zero-order chi connectivity index (χ0) is 12.8. The fraction of sp³-hybridized carbons (Fsp3) is 0.231. The zero-order valence-corrected chi connectivity index (χ0v) is 10.2. The van der Waals surface area contributed by atoms with Gasteiger partial charge in [-0.05, 0) is 30.7 Å². The maximum atomic E-state index is 5.57. The molecule has 0 saturated carbocycles. The minimum Gasteiger partial charge on any atom is -0.480 e. The molecular formula is C13H15N3O2. The van der Waals surface area contributed by atoms with E-state index in [1.807, 2.05) is 24.3 Å². The Kier molecular flexibility index (Phi) is 4.09. The molecule has 18 heavy (non-hydrogen) atoms. The largest absolute Gasteiger partial charge is 0.480 e. The second kappa shape index (κ2) is 5.97.